The number of sulfone groups is 2. The summed E-state index contributed by atoms with van der Waals surface area (Å²) in [4.78, 5) is 7.12. The molecule has 0 spiro atoms. The first-order valence-corrected chi connectivity index (χ1v) is 27.3. The van der Waals surface area contributed by atoms with Crippen LogP contribution < -0.4 is 11.1 Å². The Morgan fingerprint density at radius 2 is 1.31 bits per heavy atom. The van der Waals surface area contributed by atoms with E-state index >= 15 is 0 Å². The highest BCUT2D eigenvalue weighted by atomic mass is 35.5. The molecule has 0 aliphatic carbocycles. The molecule has 0 radical (unpaired) electrons. The van der Waals surface area contributed by atoms with Crippen LogP contribution in [0.15, 0.2) is 63.1 Å². The molecule has 2 aromatic carbocycles. The lowest BCUT2D eigenvalue weighted by molar-refractivity contribution is 0.101. The summed E-state index contributed by atoms with van der Waals surface area (Å²) >= 11 is 13.6. The molecular weight excluding hydrogens is 858 g/mol. The summed E-state index contributed by atoms with van der Waals surface area (Å²) < 4.78 is 52.4. The van der Waals surface area contributed by atoms with Crippen molar-refractivity contribution in [2.45, 2.75) is 69.1 Å². The summed E-state index contributed by atoms with van der Waals surface area (Å²) in [6.07, 6.45) is 12.1. The lowest BCUT2D eigenvalue weighted by Crippen LogP contribution is -2.56. The number of hydrogen-bond donors (Lipinski definition) is 2. The molecule has 13 nitrogen and oxygen atoms in total. The zero-order valence-corrected chi connectivity index (χ0v) is 38.2. The van der Waals surface area contributed by atoms with Gasteiger partial charge in [-0.05, 0) is 99.5 Å². The van der Waals surface area contributed by atoms with Crippen molar-refractivity contribution in [1.29, 1.82) is 5.26 Å². The van der Waals surface area contributed by atoms with Crippen molar-refractivity contribution in [1.82, 2.24) is 20.0 Å². The third-order valence-corrected chi connectivity index (χ3v) is 17.7. The number of amidine groups is 2. The van der Waals surface area contributed by atoms with E-state index in [0.29, 0.717) is 48.2 Å². The molecule has 5 heterocycles. The average molecular weight is 915 g/mol. The van der Waals surface area contributed by atoms with Gasteiger partial charge in [0, 0.05) is 60.4 Å². The third-order valence-electron chi connectivity index (χ3n) is 11.1. The molecule has 5 aliphatic heterocycles. The minimum atomic E-state index is -2.99. The van der Waals surface area contributed by atoms with E-state index in [2.05, 4.69) is 34.6 Å². The number of nitriles is 1. The van der Waals surface area contributed by atoms with Crippen LogP contribution in [0.1, 0.15) is 43.2 Å². The minimum absolute atomic E-state index is 0.0132. The molecule has 7 rings (SSSR count). The van der Waals surface area contributed by atoms with Crippen LogP contribution in [0, 0.1) is 11.5 Å². The van der Waals surface area contributed by atoms with Crippen LogP contribution in [0.2, 0.25) is 10.0 Å². The molecule has 2 aromatic rings. The van der Waals surface area contributed by atoms with Gasteiger partial charge in [-0.3, -0.25) is 9.80 Å². The van der Waals surface area contributed by atoms with Gasteiger partial charge in [0.1, 0.15) is 11.7 Å². The maximum atomic E-state index is 12.3. The molecule has 3 unspecified atom stereocenters. The van der Waals surface area contributed by atoms with Gasteiger partial charge in [0.2, 0.25) is 6.19 Å². The number of nitrogens with zero attached hydrogens (tertiary/aromatic N) is 7. The Morgan fingerprint density at radius 3 is 1.74 bits per heavy atom. The van der Waals surface area contributed by atoms with Gasteiger partial charge in [-0.25, -0.2) is 16.8 Å². The van der Waals surface area contributed by atoms with Crippen LogP contribution in [0.25, 0.3) is 0 Å². The van der Waals surface area contributed by atoms with Gasteiger partial charge >= 0.3 is 0 Å². The number of rotatable bonds is 8. The fourth-order valence-corrected chi connectivity index (χ4v) is 13.4. The molecule has 3 atom stereocenters. The highest BCUT2D eigenvalue weighted by molar-refractivity contribution is 8.10. The Morgan fingerprint density at radius 1 is 0.828 bits per heavy atom. The van der Waals surface area contributed by atoms with Gasteiger partial charge in [-0.15, -0.1) is 10.2 Å². The van der Waals surface area contributed by atoms with Crippen molar-refractivity contribution in [3.8, 4) is 6.19 Å². The number of piperidine rings is 2. The van der Waals surface area contributed by atoms with Gasteiger partial charge in [-0.1, -0.05) is 58.2 Å². The first-order chi connectivity index (χ1) is 27.7. The van der Waals surface area contributed by atoms with Crippen molar-refractivity contribution in [2.75, 3.05) is 79.9 Å². The molecule has 0 bridgehead atoms. The van der Waals surface area contributed by atoms with E-state index in [1.54, 1.807) is 18.0 Å². The molecule has 4 fully saturated rings. The Labute approximate surface area is 362 Å². The number of thioether (sulfide) groups is 1. The number of nitrogens with one attached hydrogen (secondary N) is 1. The molecule has 3 N–H and O–H groups in total. The number of hydrogen-bond acceptors (Lipinski definition) is 14. The summed E-state index contributed by atoms with van der Waals surface area (Å²) in [6, 6.07) is 16.5. The standard InChI is InChI=1S/C19H26ClN5O2S.C16H23ClN2O2S.C4H8N2S2/c20-15-3-1-14(2-4-15)11-17-13-28(26,27)10-9-25(17)16-5-7-24(8-6-16)19-12-18(21)22-23-19;17-14-3-1-13(2-4-14)11-16-12-22(20,21)10-9-19(16)15-5-7-18-8-6-15;1-7-4-8(2)6-3-5/h1-4,16-17H,5-13H2,(H2,21,22);1-4,15-16,18H,5-12H2;4H2,1-2H3. The van der Waals surface area contributed by atoms with Crippen molar-refractivity contribution >= 4 is 77.0 Å². The molecule has 5 aliphatic rings. The van der Waals surface area contributed by atoms with Crippen LogP contribution in [-0.2, 0) is 43.2 Å². The summed E-state index contributed by atoms with van der Waals surface area (Å²) in [5.41, 5.74) is 8.02. The highest BCUT2D eigenvalue weighted by Crippen LogP contribution is 2.27. The fourth-order valence-electron chi connectivity index (χ4n) is 8.29. The van der Waals surface area contributed by atoms with Crippen LogP contribution in [0.3, 0.4) is 0 Å². The SMILES string of the molecule is CSCS(C)=NC#N.NC1=NN=C(N2CCC(N3CCS(=O)(=O)CC3Cc3ccc(Cl)cc3)CC2)C1.O=S1(=O)CCN(C2CCNCC2)C(Cc2ccc(Cl)cc2)C1. The molecule has 0 saturated carbocycles. The van der Waals surface area contributed by atoms with Crippen LogP contribution >= 0.6 is 35.0 Å². The molecule has 0 amide bonds. The van der Waals surface area contributed by atoms with E-state index in [1.165, 1.54) is 0 Å². The van der Waals surface area contributed by atoms with Gasteiger partial charge < -0.3 is 16.0 Å². The third kappa shape index (κ3) is 14.7. The molecular formula is C39H57Cl2N9O4S4. The van der Waals surface area contributed by atoms with Crippen LogP contribution in [0.5, 0.6) is 0 Å². The smallest absolute Gasteiger partial charge is 0.212 e. The predicted molar refractivity (Wildman–Crippen MR) is 242 cm³/mol. The quantitative estimate of drug-likeness (QED) is 0.358. The highest BCUT2D eigenvalue weighted by Gasteiger charge is 2.38. The van der Waals surface area contributed by atoms with E-state index in [9.17, 15) is 16.8 Å². The summed E-state index contributed by atoms with van der Waals surface area (Å²) in [6.45, 7) is 5.16. The number of likely N-dealkylation sites (tertiary alicyclic amines) is 1. The maximum absolute atomic E-state index is 12.3. The lowest BCUT2D eigenvalue weighted by atomic mass is 9.98. The zero-order chi connectivity index (χ0) is 41.7. The molecule has 4 saturated heterocycles. The van der Waals surface area contributed by atoms with Gasteiger partial charge in [0.15, 0.2) is 19.7 Å². The minimum Gasteiger partial charge on any atom is -0.385 e. The van der Waals surface area contributed by atoms with Crippen molar-refractivity contribution in [3.63, 3.8) is 0 Å². The second kappa shape index (κ2) is 22.5. The van der Waals surface area contributed by atoms with E-state index in [0.717, 1.165) is 91.8 Å². The molecule has 320 valence electrons. The second-order valence-corrected chi connectivity index (χ2v) is 23.6. The topological polar surface area (TPSA) is 177 Å². The van der Waals surface area contributed by atoms with Gasteiger partial charge in [0.25, 0.3) is 0 Å². The maximum Gasteiger partial charge on any atom is 0.212 e. The predicted octanol–water partition coefficient (Wildman–Crippen LogP) is 4.47. The van der Waals surface area contributed by atoms with Gasteiger partial charge in [0.05, 0.1) is 34.5 Å². The summed E-state index contributed by atoms with van der Waals surface area (Å²) in [7, 11) is -5.95. The zero-order valence-electron chi connectivity index (χ0n) is 33.4. The first kappa shape index (κ1) is 46.8. The second-order valence-electron chi connectivity index (χ2n) is 15.4. The number of nitrogens with two attached hydrogens (primary N) is 1. The largest absolute Gasteiger partial charge is 0.385 e. The number of benzene rings is 2. The molecule has 0 aromatic heterocycles. The van der Waals surface area contributed by atoms with Crippen molar-refractivity contribution in [2.24, 2.45) is 20.3 Å². The van der Waals surface area contributed by atoms with Crippen LogP contribution in [-0.4, -0.2) is 147 Å². The average Bonchev–Trinajstić information content (AvgIpc) is 3.63. The summed E-state index contributed by atoms with van der Waals surface area (Å²) in [5.74, 6) is 2.58. The lowest BCUT2D eigenvalue weighted by Gasteiger charge is -2.44. The van der Waals surface area contributed by atoms with E-state index in [4.69, 9.17) is 34.2 Å². The molecule has 19 heteroatoms. The van der Waals surface area contributed by atoms with E-state index in [-0.39, 0.29) is 40.0 Å². The summed E-state index contributed by atoms with van der Waals surface area (Å²) in [5, 5.41) is 21.9. The Kier molecular flexibility index (Phi) is 18.2. The fraction of sp³-hybridized carbons (Fsp3) is 0.615. The van der Waals surface area contributed by atoms with Crippen molar-refractivity contribution in [3.05, 3.63) is 69.7 Å². The van der Waals surface area contributed by atoms with E-state index < -0.39 is 19.7 Å². The van der Waals surface area contributed by atoms with E-state index in [1.807, 2.05) is 61.0 Å². The first-order valence-electron chi connectivity index (χ1n) is 19.7. The van der Waals surface area contributed by atoms with Crippen LogP contribution in [0.4, 0.5) is 0 Å². The Balaban J connectivity index is 0.000000190. The normalized spacial score (nSPS) is 24.6. The monoisotopic (exact) mass is 913 g/mol. The Hall–Kier alpha value is -2.27. The Bertz CT molecular complexity index is 2000. The number of halogens is 2. The van der Waals surface area contributed by atoms with Gasteiger partial charge in [-0.2, -0.15) is 21.4 Å². The molecule has 58 heavy (non-hydrogen) atoms. The van der Waals surface area contributed by atoms with Crippen molar-refractivity contribution < 1.29 is 16.8 Å².